The Kier molecular flexibility index (Phi) is 2.68. The summed E-state index contributed by atoms with van der Waals surface area (Å²) in [7, 11) is 0. The minimum absolute atomic E-state index is 0.0994. The summed E-state index contributed by atoms with van der Waals surface area (Å²) < 4.78 is 38.3. The number of hydrogen-bond acceptors (Lipinski definition) is 2. The van der Waals surface area contributed by atoms with E-state index < -0.39 is 11.7 Å². The lowest BCUT2D eigenvalue weighted by molar-refractivity contribution is -0.137. The molecule has 0 radical (unpaired) electrons. The molecule has 0 bridgehead atoms. The highest BCUT2D eigenvalue weighted by Crippen LogP contribution is 2.30. The normalized spacial score (nSPS) is 19.4. The highest BCUT2D eigenvalue weighted by atomic mass is 19.4. The third-order valence-corrected chi connectivity index (χ3v) is 2.61. The van der Waals surface area contributed by atoms with Gasteiger partial charge in [0.2, 0.25) is 0 Å². The van der Waals surface area contributed by atoms with Crippen molar-refractivity contribution in [3.8, 4) is 0 Å². The van der Waals surface area contributed by atoms with Gasteiger partial charge in [0.1, 0.15) is 0 Å². The molecule has 1 aromatic heterocycles. The van der Waals surface area contributed by atoms with Crippen LogP contribution in [0, 0.1) is 0 Å². The van der Waals surface area contributed by atoms with Crippen LogP contribution < -0.4 is 5.32 Å². The van der Waals surface area contributed by atoms with E-state index in [1.165, 1.54) is 4.68 Å². The van der Waals surface area contributed by atoms with Gasteiger partial charge in [0.25, 0.3) is 0 Å². The SMILES string of the molecule is FC(F)(F)c1cnn(C2CCNCC2)c1. The molecule has 1 saturated heterocycles. The predicted octanol–water partition coefficient (Wildman–Crippen LogP) is 1.83. The molecule has 0 aliphatic carbocycles. The molecule has 0 saturated carbocycles. The van der Waals surface area contributed by atoms with Crippen LogP contribution in [0.5, 0.6) is 0 Å². The maximum absolute atomic E-state index is 12.3. The highest BCUT2D eigenvalue weighted by Gasteiger charge is 2.32. The number of hydrogen-bond donors (Lipinski definition) is 1. The second kappa shape index (κ2) is 3.84. The summed E-state index contributed by atoms with van der Waals surface area (Å²) in [5, 5.41) is 6.93. The molecule has 1 N–H and O–H groups in total. The van der Waals surface area contributed by atoms with Crippen molar-refractivity contribution in [3.63, 3.8) is 0 Å². The van der Waals surface area contributed by atoms with Crippen LogP contribution in [0.4, 0.5) is 13.2 Å². The van der Waals surface area contributed by atoms with Gasteiger partial charge in [-0.15, -0.1) is 0 Å². The summed E-state index contributed by atoms with van der Waals surface area (Å²) in [6, 6.07) is 0.0994. The van der Waals surface area contributed by atoms with Gasteiger partial charge in [-0.2, -0.15) is 18.3 Å². The van der Waals surface area contributed by atoms with Crippen molar-refractivity contribution in [2.45, 2.75) is 25.1 Å². The molecule has 0 amide bonds. The number of aromatic nitrogens is 2. The summed E-state index contributed by atoms with van der Waals surface area (Å²) >= 11 is 0. The Morgan fingerprint density at radius 2 is 2.00 bits per heavy atom. The van der Waals surface area contributed by atoms with Crippen LogP contribution in [0.1, 0.15) is 24.4 Å². The standard InChI is InChI=1S/C9H12F3N3/c10-9(11,12)7-5-14-15(6-7)8-1-3-13-4-2-8/h5-6,8,13H,1-4H2. The Morgan fingerprint density at radius 3 is 2.53 bits per heavy atom. The lowest BCUT2D eigenvalue weighted by Gasteiger charge is -2.22. The zero-order valence-electron chi connectivity index (χ0n) is 8.09. The first-order valence-electron chi connectivity index (χ1n) is 4.89. The average molecular weight is 219 g/mol. The van der Waals surface area contributed by atoms with E-state index in [0.717, 1.165) is 38.3 Å². The Balaban J connectivity index is 2.12. The van der Waals surface area contributed by atoms with Crippen molar-refractivity contribution < 1.29 is 13.2 Å². The zero-order chi connectivity index (χ0) is 10.9. The monoisotopic (exact) mass is 219 g/mol. The molecule has 2 heterocycles. The summed E-state index contributed by atoms with van der Waals surface area (Å²) in [4.78, 5) is 0. The van der Waals surface area contributed by atoms with E-state index in [2.05, 4.69) is 10.4 Å². The molecule has 6 heteroatoms. The Morgan fingerprint density at radius 1 is 1.33 bits per heavy atom. The van der Waals surface area contributed by atoms with E-state index in [4.69, 9.17) is 0 Å². The predicted molar refractivity (Wildman–Crippen MR) is 48.4 cm³/mol. The van der Waals surface area contributed by atoms with Gasteiger partial charge in [0.15, 0.2) is 0 Å². The fourth-order valence-electron chi connectivity index (χ4n) is 1.76. The summed E-state index contributed by atoms with van der Waals surface area (Å²) in [5.74, 6) is 0. The number of rotatable bonds is 1. The molecule has 15 heavy (non-hydrogen) atoms. The molecule has 0 atom stereocenters. The largest absolute Gasteiger partial charge is 0.419 e. The van der Waals surface area contributed by atoms with E-state index in [1.807, 2.05) is 0 Å². The smallest absolute Gasteiger partial charge is 0.317 e. The van der Waals surface area contributed by atoms with Gasteiger partial charge in [-0.25, -0.2) is 0 Å². The van der Waals surface area contributed by atoms with Crippen LogP contribution in [0.25, 0.3) is 0 Å². The van der Waals surface area contributed by atoms with Crippen LogP contribution in [0.15, 0.2) is 12.4 Å². The van der Waals surface area contributed by atoms with Crippen molar-refractivity contribution in [2.24, 2.45) is 0 Å². The van der Waals surface area contributed by atoms with Crippen LogP contribution in [-0.4, -0.2) is 22.9 Å². The molecule has 0 aromatic carbocycles. The van der Waals surface area contributed by atoms with E-state index >= 15 is 0 Å². The van der Waals surface area contributed by atoms with Crippen molar-refractivity contribution in [3.05, 3.63) is 18.0 Å². The third kappa shape index (κ3) is 2.31. The number of piperidine rings is 1. The van der Waals surface area contributed by atoms with Gasteiger partial charge in [0, 0.05) is 6.20 Å². The van der Waals surface area contributed by atoms with Gasteiger partial charge >= 0.3 is 6.18 Å². The average Bonchev–Trinajstić information content (AvgIpc) is 2.67. The molecule has 84 valence electrons. The van der Waals surface area contributed by atoms with Crippen LogP contribution >= 0.6 is 0 Å². The quantitative estimate of drug-likeness (QED) is 0.780. The number of nitrogens with zero attached hydrogens (tertiary/aromatic N) is 2. The number of halogens is 3. The molecule has 1 aliphatic heterocycles. The molecule has 1 aromatic rings. The van der Waals surface area contributed by atoms with Crippen molar-refractivity contribution in [2.75, 3.05) is 13.1 Å². The van der Waals surface area contributed by atoms with Gasteiger partial charge in [-0.1, -0.05) is 0 Å². The molecule has 3 nitrogen and oxygen atoms in total. The van der Waals surface area contributed by atoms with Crippen LogP contribution in [-0.2, 0) is 6.18 Å². The Labute approximate surface area is 85.3 Å². The summed E-state index contributed by atoms with van der Waals surface area (Å²) in [5.41, 5.74) is -0.666. The summed E-state index contributed by atoms with van der Waals surface area (Å²) in [6.45, 7) is 1.68. The van der Waals surface area contributed by atoms with E-state index in [9.17, 15) is 13.2 Å². The Bertz CT molecular complexity index is 326. The Hall–Kier alpha value is -1.04. The second-order valence-electron chi connectivity index (χ2n) is 3.69. The van der Waals surface area contributed by atoms with Gasteiger partial charge in [-0.3, -0.25) is 4.68 Å². The van der Waals surface area contributed by atoms with E-state index in [0.29, 0.717) is 0 Å². The molecular weight excluding hydrogens is 207 g/mol. The zero-order valence-corrected chi connectivity index (χ0v) is 8.09. The topological polar surface area (TPSA) is 29.9 Å². The van der Waals surface area contributed by atoms with E-state index in [1.54, 1.807) is 0 Å². The lowest BCUT2D eigenvalue weighted by Crippen LogP contribution is -2.29. The van der Waals surface area contributed by atoms with Gasteiger partial charge < -0.3 is 5.32 Å². The second-order valence-corrected chi connectivity index (χ2v) is 3.69. The van der Waals surface area contributed by atoms with Crippen molar-refractivity contribution in [1.82, 2.24) is 15.1 Å². The van der Waals surface area contributed by atoms with Crippen LogP contribution in [0.3, 0.4) is 0 Å². The van der Waals surface area contributed by atoms with Crippen molar-refractivity contribution in [1.29, 1.82) is 0 Å². The van der Waals surface area contributed by atoms with Gasteiger partial charge in [-0.05, 0) is 25.9 Å². The molecule has 1 fully saturated rings. The molecular formula is C9H12F3N3. The number of alkyl halides is 3. The third-order valence-electron chi connectivity index (χ3n) is 2.61. The molecule has 2 rings (SSSR count). The minimum atomic E-state index is -4.29. The van der Waals surface area contributed by atoms with Crippen molar-refractivity contribution >= 4 is 0 Å². The first-order valence-corrected chi connectivity index (χ1v) is 4.89. The fourth-order valence-corrected chi connectivity index (χ4v) is 1.76. The first kappa shape index (κ1) is 10.5. The number of nitrogens with one attached hydrogen (secondary N) is 1. The molecule has 0 unspecified atom stereocenters. The highest BCUT2D eigenvalue weighted by molar-refractivity contribution is 5.09. The maximum Gasteiger partial charge on any atom is 0.419 e. The molecule has 0 spiro atoms. The van der Waals surface area contributed by atoms with Gasteiger partial charge in [0.05, 0.1) is 17.8 Å². The maximum atomic E-state index is 12.3. The summed E-state index contributed by atoms with van der Waals surface area (Å²) in [6.07, 6.45) is -0.638. The first-order chi connectivity index (χ1) is 7.07. The fraction of sp³-hybridized carbons (Fsp3) is 0.667. The van der Waals surface area contributed by atoms with Crippen LogP contribution in [0.2, 0.25) is 0 Å². The lowest BCUT2D eigenvalue weighted by atomic mass is 10.1. The van der Waals surface area contributed by atoms with E-state index in [-0.39, 0.29) is 6.04 Å². The minimum Gasteiger partial charge on any atom is -0.317 e. The molecule has 1 aliphatic rings.